The summed E-state index contributed by atoms with van der Waals surface area (Å²) >= 11 is 9.84. The van der Waals surface area contributed by atoms with Crippen molar-refractivity contribution in [2.45, 2.75) is 18.7 Å². The van der Waals surface area contributed by atoms with Gasteiger partial charge in [-0.3, -0.25) is 0 Å². The zero-order chi connectivity index (χ0) is 21.8. The lowest BCUT2D eigenvalue weighted by atomic mass is 9.95. The monoisotopic (exact) mass is 504 g/mol. The Balaban J connectivity index is 1.48. The van der Waals surface area contributed by atoms with Gasteiger partial charge < -0.3 is 9.84 Å². The predicted molar refractivity (Wildman–Crippen MR) is 130 cm³/mol. The van der Waals surface area contributed by atoms with Crippen LogP contribution in [0.25, 0.3) is 10.8 Å². The summed E-state index contributed by atoms with van der Waals surface area (Å²) in [6.45, 7) is 0. The van der Waals surface area contributed by atoms with E-state index in [1.807, 2.05) is 29.3 Å². The Morgan fingerprint density at radius 2 is 1.78 bits per heavy atom. The zero-order valence-corrected chi connectivity index (χ0v) is 19.2. The number of aromatic hydroxyl groups is 1. The van der Waals surface area contributed by atoms with Crippen LogP contribution in [-0.4, -0.2) is 15.8 Å². The summed E-state index contributed by atoms with van der Waals surface area (Å²) < 4.78 is 7.35. The molecule has 6 heteroatoms. The maximum Gasteiger partial charge on any atom is 0.217 e. The summed E-state index contributed by atoms with van der Waals surface area (Å²) in [5.74, 6) is 0.918. The molecular weight excluding hydrogens is 488 g/mol. The van der Waals surface area contributed by atoms with Crippen molar-refractivity contribution in [3.05, 3.63) is 105 Å². The van der Waals surface area contributed by atoms with Crippen molar-refractivity contribution in [3.63, 3.8) is 0 Å². The Hall–Kier alpha value is -3.02. The number of hydrazone groups is 1. The van der Waals surface area contributed by atoms with Crippen LogP contribution in [0.3, 0.4) is 0 Å². The molecule has 4 aromatic carbocycles. The van der Waals surface area contributed by atoms with Gasteiger partial charge in [-0.15, -0.1) is 0 Å². The topological polar surface area (TPSA) is 45.1 Å². The largest absolute Gasteiger partial charge is 0.507 e. The van der Waals surface area contributed by atoms with Crippen LogP contribution >= 0.6 is 27.5 Å². The SMILES string of the molecule is Oc1ccc(Cl)cc1[C@H]1Oc2ccc(Br)cc2[C@@H]2CC(c3ccc4ccccc4c3)=NN12. The zero-order valence-electron chi connectivity index (χ0n) is 16.9. The van der Waals surface area contributed by atoms with Crippen molar-refractivity contribution in [2.24, 2.45) is 5.10 Å². The highest BCUT2D eigenvalue weighted by atomic mass is 79.9. The molecule has 0 aliphatic carbocycles. The summed E-state index contributed by atoms with van der Waals surface area (Å²) in [4.78, 5) is 0. The van der Waals surface area contributed by atoms with Gasteiger partial charge in [0, 0.05) is 21.5 Å². The van der Waals surface area contributed by atoms with Gasteiger partial charge in [0.2, 0.25) is 6.23 Å². The van der Waals surface area contributed by atoms with Crippen LogP contribution in [0.4, 0.5) is 0 Å². The molecule has 0 radical (unpaired) electrons. The first-order valence-electron chi connectivity index (χ1n) is 10.4. The van der Waals surface area contributed by atoms with Gasteiger partial charge in [-0.2, -0.15) is 5.10 Å². The molecule has 1 N–H and O–H groups in total. The van der Waals surface area contributed by atoms with E-state index >= 15 is 0 Å². The Bertz CT molecular complexity index is 1400. The number of benzene rings is 4. The van der Waals surface area contributed by atoms with E-state index in [9.17, 15) is 5.11 Å². The molecule has 0 aromatic heterocycles. The van der Waals surface area contributed by atoms with Crippen LogP contribution < -0.4 is 4.74 Å². The Morgan fingerprint density at radius 1 is 0.938 bits per heavy atom. The number of phenols is 1. The number of phenolic OH excluding ortho intramolecular Hbond substituents is 1. The fourth-order valence-electron chi connectivity index (χ4n) is 4.53. The molecule has 0 amide bonds. The molecule has 158 valence electrons. The second-order valence-electron chi connectivity index (χ2n) is 8.06. The molecule has 2 aliphatic rings. The van der Waals surface area contributed by atoms with Crippen LogP contribution in [-0.2, 0) is 0 Å². The lowest BCUT2D eigenvalue weighted by molar-refractivity contribution is -0.0203. The summed E-state index contributed by atoms with van der Waals surface area (Å²) in [7, 11) is 0. The van der Waals surface area contributed by atoms with Gasteiger partial charge in [0.15, 0.2) is 0 Å². The number of hydrogen-bond acceptors (Lipinski definition) is 4. The van der Waals surface area contributed by atoms with Crippen LogP contribution in [0.5, 0.6) is 11.5 Å². The first kappa shape index (κ1) is 19.6. The molecule has 6 rings (SSSR count). The van der Waals surface area contributed by atoms with E-state index in [0.29, 0.717) is 10.6 Å². The maximum absolute atomic E-state index is 10.6. The summed E-state index contributed by atoms with van der Waals surface area (Å²) in [6, 6.07) is 25.7. The van der Waals surface area contributed by atoms with Crippen molar-refractivity contribution in [1.82, 2.24) is 5.01 Å². The second kappa shape index (κ2) is 7.54. The first-order valence-corrected chi connectivity index (χ1v) is 11.5. The highest BCUT2D eigenvalue weighted by molar-refractivity contribution is 9.10. The Morgan fingerprint density at radius 3 is 2.66 bits per heavy atom. The fraction of sp³-hybridized carbons (Fsp3) is 0.115. The Kier molecular flexibility index (Phi) is 4.63. The van der Waals surface area contributed by atoms with E-state index in [1.54, 1.807) is 18.2 Å². The van der Waals surface area contributed by atoms with E-state index < -0.39 is 6.23 Å². The average Bonchev–Trinajstić information content (AvgIpc) is 3.26. The number of ether oxygens (including phenoxy) is 1. The minimum atomic E-state index is -0.578. The third-order valence-electron chi connectivity index (χ3n) is 6.09. The normalized spacial score (nSPS) is 19.3. The summed E-state index contributed by atoms with van der Waals surface area (Å²) in [5.41, 5.74) is 3.74. The number of rotatable bonds is 2. The molecule has 2 heterocycles. The molecule has 0 saturated heterocycles. The number of fused-ring (bicyclic) bond motifs is 4. The van der Waals surface area contributed by atoms with Gasteiger partial charge in [0.1, 0.15) is 11.5 Å². The molecule has 0 saturated carbocycles. The molecule has 4 aromatic rings. The highest BCUT2D eigenvalue weighted by Gasteiger charge is 2.42. The van der Waals surface area contributed by atoms with Crippen molar-refractivity contribution >= 4 is 44.0 Å². The van der Waals surface area contributed by atoms with E-state index in [-0.39, 0.29) is 11.8 Å². The molecular formula is C26H18BrClN2O2. The van der Waals surface area contributed by atoms with Crippen molar-refractivity contribution in [3.8, 4) is 11.5 Å². The maximum atomic E-state index is 10.6. The van der Waals surface area contributed by atoms with Crippen LogP contribution in [0.1, 0.15) is 35.4 Å². The van der Waals surface area contributed by atoms with Crippen LogP contribution in [0.2, 0.25) is 5.02 Å². The van der Waals surface area contributed by atoms with Gasteiger partial charge in [-0.1, -0.05) is 63.9 Å². The van der Waals surface area contributed by atoms with Gasteiger partial charge in [-0.25, -0.2) is 5.01 Å². The van der Waals surface area contributed by atoms with Gasteiger partial charge >= 0.3 is 0 Å². The molecule has 0 fully saturated rings. The lowest BCUT2D eigenvalue weighted by Gasteiger charge is -2.38. The van der Waals surface area contributed by atoms with E-state index in [4.69, 9.17) is 21.4 Å². The molecule has 0 bridgehead atoms. The third-order valence-corrected chi connectivity index (χ3v) is 6.82. The third kappa shape index (κ3) is 3.24. The second-order valence-corrected chi connectivity index (χ2v) is 9.42. The van der Waals surface area contributed by atoms with Gasteiger partial charge in [0.25, 0.3) is 0 Å². The van der Waals surface area contributed by atoms with Gasteiger partial charge in [-0.05, 0) is 58.8 Å². The van der Waals surface area contributed by atoms with Gasteiger partial charge in [0.05, 0.1) is 17.3 Å². The fourth-order valence-corrected chi connectivity index (χ4v) is 5.09. The van der Waals surface area contributed by atoms with E-state index in [0.717, 1.165) is 33.5 Å². The smallest absolute Gasteiger partial charge is 0.217 e. The van der Waals surface area contributed by atoms with Crippen LogP contribution in [0, 0.1) is 0 Å². The van der Waals surface area contributed by atoms with Crippen molar-refractivity contribution in [2.75, 3.05) is 0 Å². The van der Waals surface area contributed by atoms with Crippen LogP contribution in [0.15, 0.2) is 88.4 Å². The Labute approximate surface area is 198 Å². The lowest BCUT2D eigenvalue weighted by Crippen LogP contribution is -2.33. The van der Waals surface area contributed by atoms with E-state index in [1.165, 1.54) is 10.8 Å². The molecule has 2 aliphatic heterocycles. The van der Waals surface area contributed by atoms with Crippen molar-refractivity contribution < 1.29 is 9.84 Å². The summed E-state index contributed by atoms with van der Waals surface area (Å²) in [6.07, 6.45) is 0.161. The van der Waals surface area contributed by atoms with Crippen molar-refractivity contribution in [1.29, 1.82) is 0 Å². The minimum absolute atomic E-state index is 0.0129. The van der Waals surface area contributed by atoms with E-state index in [2.05, 4.69) is 52.3 Å². The molecule has 0 spiro atoms. The molecule has 4 nitrogen and oxygen atoms in total. The minimum Gasteiger partial charge on any atom is -0.507 e. The number of hydrogen-bond donors (Lipinski definition) is 1. The molecule has 32 heavy (non-hydrogen) atoms. The quantitative estimate of drug-likeness (QED) is 0.313. The molecule has 2 atom stereocenters. The first-order chi connectivity index (χ1) is 15.6. The standard InChI is InChI=1S/C26H18BrClN2O2/c27-18-7-10-25-20(12-18)23-14-22(17-6-5-15-3-1-2-4-16(15)11-17)29-30(23)26(32-25)21-13-19(28)8-9-24(21)31/h1-13,23,26,31H,14H2/t23-,26+/m0/s1. The average molecular weight is 506 g/mol. The molecule has 0 unspecified atom stereocenters. The summed E-state index contributed by atoms with van der Waals surface area (Å²) in [5, 5.41) is 20.4. The number of nitrogens with zero attached hydrogens (tertiary/aromatic N) is 2. The predicted octanol–water partition coefficient (Wildman–Crippen LogP) is 7.20. The highest BCUT2D eigenvalue weighted by Crippen LogP contribution is 2.49. The number of halogens is 2.